The Morgan fingerprint density at radius 1 is 1.37 bits per heavy atom. The highest BCUT2D eigenvalue weighted by molar-refractivity contribution is 5.55. The third kappa shape index (κ3) is 3.69. The predicted molar refractivity (Wildman–Crippen MR) is 79.5 cm³/mol. The minimum absolute atomic E-state index is 0.226. The summed E-state index contributed by atoms with van der Waals surface area (Å²) in [4.78, 5) is 2.35. The number of fused-ring (bicyclic) bond motifs is 1. The highest BCUT2D eigenvalue weighted by Gasteiger charge is 2.21. The van der Waals surface area contributed by atoms with E-state index in [4.69, 9.17) is 0 Å². The number of halogens is 1. The number of hydrogen-bond acceptors (Lipinski definition) is 2. The third-order valence-corrected chi connectivity index (χ3v) is 3.78. The van der Waals surface area contributed by atoms with Gasteiger partial charge in [-0.2, -0.15) is 0 Å². The van der Waals surface area contributed by atoms with Gasteiger partial charge in [0.25, 0.3) is 0 Å². The number of nitrogens with one attached hydrogen (secondary N) is 1. The molecule has 0 bridgehead atoms. The summed E-state index contributed by atoms with van der Waals surface area (Å²) in [6.07, 6.45) is 4.12. The first kappa shape index (κ1) is 14.3. The first-order valence-corrected chi connectivity index (χ1v) is 7.50. The lowest BCUT2D eigenvalue weighted by molar-refractivity contribution is 0.468. The van der Waals surface area contributed by atoms with Gasteiger partial charge in [0.05, 0.1) is 6.67 Å². The molecule has 1 aromatic rings. The minimum Gasteiger partial charge on any atom is -0.371 e. The van der Waals surface area contributed by atoms with Crippen LogP contribution in [0.5, 0.6) is 0 Å². The van der Waals surface area contributed by atoms with Crippen molar-refractivity contribution in [2.24, 2.45) is 0 Å². The Bertz CT molecular complexity index is 346. The van der Waals surface area contributed by atoms with Gasteiger partial charge in [-0.15, -0.1) is 0 Å². The fraction of sp³-hybridized carbons (Fsp3) is 0.625. The van der Waals surface area contributed by atoms with E-state index < -0.39 is 0 Å². The molecule has 1 heterocycles. The van der Waals surface area contributed by atoms with Crippen LogP contribution >= 0.6 is 0 Å². The summed E-state index contributed by atoms with van der Waals surface area (Å²) in [6.45, 7) is 4.90. The van der Waals surface area contributed by atoms with Gasteiger partial charge in [-0.05, 0) is 43.9 Å². The van der Waals surface area contributed by atoms with Crippen molar-refractivity contribution in [3.8, 4) is 0 Å². The van der Waals surface area contributed by atoms with Gasteiger partial charge in [0.1, 0.15) is 0 Å². The standard InChI is InChI=1S/C16H25FN2/c1-2-11-18-15-8-5-12-19(13-6-10-17)16-9-4-3-7-14(15)16/h3-4,7,9,15,18H,2,5-6,8,10-13H2,1H3. The molecule has 106 valence electrons. The molecule has 2 rings (SSSR count). The van der Waals surface area contributed by atoms with Gasteiger partial charge in [0.2, 0.25) is 0 Å². The van der Waals surface area contributed by atoms with E-state index in [0.717, 1.165) is 26.1 Å². The maximum atomic E-state index is 12.4. The zero-order valence-corrected chi connectivity index (χ0v) is 11.9. The van der Waals surface area contributed by atoms with Gasteiger partial charge in [0, 0.05) is 24.8 Å². The molecule has 0 radical (unpaired) electrons. The molecule has 1 aliphatic heterocycles. The first-order valence-electron chi connectivity index (χ1n) is 7.50. The lowest BCUT2D eigenvalue weighted by atomic mass is 10.0. The van der Waals surface area contributed by atoms with Crippen molar-refractivity contribution in [1.82, 2.24) is 5.32 Å². The van der Waals surface area contributed by atoms with Crippen molar-refractivity contribution in [1.29, 1.82) is 0 Å². The van der Waals surface area contributed by atoms with Gasteiger partial charge in [-0.3, -0.25) is 4.39 Å². The van der Waals surface area contributed by atoms with Crippen molar-refractivity contribution in [3.63, 3.8) is 0 Å². The number of benzene rings is 1. The Morgan fingerprint density at radius 3 is 3.00 bits per heavy atom. The molecule has 1 aromatic carbocycles. The largest absolute Gasteiger partial charge is 0.371 e. The zero-order chi connectivity index (χ0) is 13.5. The minimum atomic E-state index is -0.226. The summed E-state index contributed by atoms with van der Waals surface area (Å²) >= 11 is 0. The molecule has 1 aliphatic rings. The second kappa shape index (κ2) is 7.49. The molecule has 3 heteroatoms. The fourth-order valence-electron chi connectivity index (χ4n) is 2.85. The Morgan fingerprint density at radius 2 is 2.21 bits per heavy atom. The molecular weight excluding hydrogens is 239 g/mol. The number of anilines is 1. The van der Waals surface area contributed by atoms with Crippen molar-refractivity contribution < 1.29 is 4.39 Å². The average Bonchev–Trinajstić information content (AvgIpc) is 2.62. The quantitative estimate of drug-likeness (QED) is 0.843. The number of rotatable bonds is 6. The van der Waals surface area contributed by atoms with Crippen LogP contribution in [0.2, 0.25) is 0 Å². The topological polar surface area (TPSA) is 15.3 Å². The molecule has 1 N–H and O–H groups in total. The van der Waals surface area contributed by atoms with E-state index in [9.17, 15) is 4.39 Å². The fourth-order valence-corrected chi connectivity index (χ4v) is 2.85. The summed E-state index contributed by atoms with van der Waals surface area (Å²) in [6, 6.07) is 9.05. The van der Waals surface area contributed by atoms with E-state index in [1.165, 1.54) is 24.1 Å². The van der Waals surface area contributed by atoms with Gasteiger partial charge in [-0.25, -0.2) is 0 Å². The molecular formula is C16H25FN2. The number of hydrogen-bond donors (Lipinski definition) is 1. The molecule has 0 aromatic heterocycles. The number of alkyl halides is 1. The van der Waals surface area contributed by atoms with Crippen molar-refractivity contribution in [2.75, 3.05) is 31.2 Å². The number of para-hydroxylation sites is 1. The molecule has 2 nitrogen and oxygen atoms in total. The highest BCUT2D eigenvalue weighted by Crippen LogP contribution is 2.32. The van der Waals surface area contributed by atoms with Crippen LogP contribution in [-0.4, -0.2) is 26.3 Å². The molecule has 0 aliphatic carbocycles. The van der Waals surface area contributed by atoms with Gasteiger partial charge < -0.3 is 10.2 Å². The van der Waals surface area contributed by atoms with E-state index in [2.05, 4.69) is 41.4 Å². The lowest BCUT2D eigenvalue weighted by Gasteiger charge is -2.25. The average molecular weight is 264 g/mol. The molecule has 1 atom stereocenters. The smallest absolute Gasteiger partial charge is 0.0911 e. The summed E-state index contributed by atoms with van der Waals surface area (Å²) in [5.41, 5.74) is 2.68. The molecule has 0 saturated heterocycles. The van der Waals surface area contributed by atoms with E-state index in [1.807, 2.05) is 0 Å². The molecule has 0 saturated carbocycles. The van der Waals surface area contributed by atoms with E-state index in [1.54, 1.807) is 0 Å². The molecule has 1 unspecified atom stereocenters. The first-order chi connectivity index (χ1) is 9.36. The van der Waals surface area contributed by atoms with Gasteiger partial charge in [-0.1, -0.05) is 25.1 Å². The Hall–Kier alpha value is -1.09. The Kier molecular flexibility index (Phi) is 5.64. The van der Waals surface area contributed by atoms with Crippen LogP contribution in [0.1, 0.15) is 44.2 Å². The SMILES string of the molecule is CCCNC1CCCN(CCCF)c2ccccc21. The van der Waals surface area contributed by atoms with Crippen LogP contribution in [0.4, 0.5) is 10.1 Å². The van der Waals surface area contributed by atoms with E-state index in [0.29, 0.717) is 12.5 Å². The monoisotopic (exact) mass is 264 g/mol. The van der Waals surface area contributed by atoms with Gasteiger partial charge in [0.15, 0.2) is 0 Å². The van der Waals surface area contributed by atoms with Crippen LogP contribution in [0, 0.1) is 0 Å². The summed E-state index contributed by atoms with van der Waals surface area (Å²) in [5.74, 6) is 0. The van der Waals surface area contributed by atoms with Crippen LogP contribution in [0.25, 0.3) is 0 Å². The summed E-state index contributed by atoms with van der Waals surface area (Å²) in [5, 5.41) is 3.64. The van der Waals surface area contributed by atoms with E-state index >= 15 is 0 Å². The molecule has 0 spiro atoms. The summed E-state index contributed by atoms with van der Waals surface area (Å²) < 4.78 is 12.4. The normalized spacial score (nSPS) is 19.1. The zero-order valence-electron chi connectivity index (χ0n) is 11.9. The number of nitrogens with zero attached hydrogens (tertiary/aromatic N) is 1. The molecule has 0 fully saturated rings. The molecule has 0 amide bonds. The molecule has 19 heavy (non-hydrogen) atoms. The van der Waals surface area contributed by atoms with Crippen molar-refractivity contribution in [2.45, 2.75) is 38.6 Å². The second-order valence-electron chi connectivity index (χ2n) is 5.24. The maximum absolute atomic E-state index is 12.4. The van der Waals surface area contributed by atoms with Crippen LogP contribution < -0.4 is 10.2 Å². The predicted octanol–water partition coefficient (Wildman–Crippen LogP) is 3.69. The Labute approximate surface area is 116 Å². The van der Waals surface area contributed by atoms with Crippen molar-refractivity contribution in [3.05, 3.63) is 29.8 Å². The van der Waals surface area contributed by atoms with Crippen molar-refractivity contribution >= 4 is 5.69 Å². The van der Waals surface area contributed by atoms with Crippen LogP contribution in [-0.2, 0) is 0 Å². The third-order valence-electron chi connectivity index (χ3n) is 3.78. The van der Waals surface area contributed by atoms with Crippen LogP contribution in [0.3, 0.4) is 0 Å². The second-order valence-corrected chi connectivity index (χ2v) is 5.24. The van der Waals surface area contributed by atoms with Crippen LogP contribution in [0.15, 0.2) is 24.3 Å². The summed E-state index contributed by atoms with van der Waals surface area (Å²) in [7, 11) is 0. The lowest BCUT2D eigenvalue weighted by Crippen LogP contribution is -2.26. The Balaban J connectivity index is 2.18. The highest BCUT2D eigenvalue weighted by atomic mass is 19.1. The van der Waals surface area contributed by atoms with E-state index in [-0.39, 0.29) is 6.67 Å². The van der Waals surface area contributed by atoms with Gasteiger partial charge >= 0.3 is 0 Å². The maximum Gasteiger partial charge on any atom is 0.0911 e.